The van der Waals surface area contributed by atoms with E-state index in [2.05, 4.69) is 5.32 Å². The predicted octanol–water partition coefficient (Wildman–Crippen LogP) is 3.42. The summed E-state index contributed by atoms with van der Waals surface area (Å²) in [5.41, 5.74) is 7.43. The molecule has 1 amide bonds. The Labute approximate surface area is 115 Å². The van der Waals surface area contributed by atoms with Crippen LogP contribution in [0.4, 0.5) is 20.2 Å². The van der Waals surface area contributed by atoms with Crippen LogP contribution in [0.1, 0.15) is 21.5 Å². The lowest BCUT2D eigenvalue weighted by atomic mass is 10.1. The van der Waals surface area contributed by atoms with Crippen LogP contribution >= 0.6 is 0 Å². The van der Waals surface area contributed by atoms with Crippen LogP contribution in [0.3, 0.4) is 0 Å². The van der Waals surface area contributed by atoms with Gasteiger partial charge in [-0.3, -0.25) is 4.79 Å². The lowest BCUT2D eigenvalue weighted by Gasteiger charge is -2.10. The Bertz CT molecular complexity index is 684. The number of hydrogen-bond acceptors (Lipinski definition) is 2. The molecule has 0 saturated carbocycles. The zero-order chi connectivity index (χ0) is 14.9. The molecule has 3 nitrogen and oxygen atoms in total. The van der Waals surface area contributed by atoms with E-state index in [0.717, 1.165) is 5.56 Å². The van der Waals surface area contributed by atoms with Crippen molar-refractivity contribution in [3.8, 4) is 0 Å². The van der Waals surface area contributed by atoms with Gasteiger partial charge < -0.3 is 11.1 Å². The van der Waals surface area contributed by atoms with Crippen molar-refractivity contribution >= 4 is 17.3 Å². The molecule has 0 radical (unpaired) electrons. The van der Waals surface area contributed by atoms with E-state index in [-0.39, 0.29) is 11.1 Å². The first-order chi connectivity index (χ1) is 9.38. The molecule has 0 aliphatic heterocycles. The highest BCUT2D eigenvalue weighted by Gasteiger charge is 2.15. The van der Waals surface area contributed by atoms with Gasteiger partial charge in [-0.05, 0) is 43.2 Å². The van der Waals surface area contributed by atoms with Gasteiger partial charge in [0, 0.05) is 17.4 Å². The summed E-state index contributed by atoms with van der Waals surface area (Å²) in [5.74, 6) is -2.22. The minimum Gasteiger partial charge on any atom is -0.399 e. The molecule has 3 N–H and O–H groups in total. The third kappa shape index (κ3) is 2.77. The highest BCUT2D eigenvalue weighted by molar-refractivity contribution is 6.05. The first kappa shape index (κ1) is 14.0. The number of nitrogens with one attached hydrogen (secondary N) is 1. The average molecular weight is 276 g/mol. The summed E-state index contributed by atoms with van der Waals surface area (Å²) in [4.78, 5) is 12.0. The zero-order valence-electron chi connectivity index (χ0n) is 11.1. The summed E-state index contributed by atoms with van der Waals surface area (Å²) in [6.45, 7) is 3.26. The molecule has 0 saturated heterocycles. The Morgan fingerprint density at radius 2 is 1.75 bits per heavy atom. The number of benzene rings is 2. The van der Waals surface area contributed by atoms with Crippen molar-refractivity contribution in [2.45, 2.75) is 13.8 Å². The van der Waals surface area contributed by atoms with E-state index in [0.29, 0.717) is 17.4 Å². The van der Waals surface area contributed by atoms with Crippen molar-refractivity contribution in [1.82, 2.24) is 0 Å². The van der Waals surface area contributed by atoms with Crippen LogP contribution in [-0.2, 0) is 0 Å². The molecule has 0 heterocycles. The van der Waals surface area contributed by atoms with Crippen molar-refractivity contribution in [2.24, 2.45) is 0 Å². The van der Waals surface area contributed by atoms with Crippen LogP contribution in [0.25, 0.3) is 0 Å². The molecule has 0 aliphatic carbocycles. The second kappa shape index (κ2) is 5.28. The minimum absolute atomic E-state index is 0.203. The van der Waals surface area contributed by atoms with Gasteiger partial charge in [0.1, 0.15) is 11.6 Å². The van der Waals surface area contributed by atoms with Crippen LogP contribution in [0, 0.1) is 25.5 Å². The van der Waals surface area contributed by atoms with Crippen LogP contribution in [-0.4, -0.2) is 5.91 Å². The SMILES string of the molecule is Cc1cc(C(=O)Nc2cc(N)ccc2C)c(F)cc1F. The highest BCUT2D eigenvalue weighted by Crippen LogP contribution is 2.20. The number of hydrogen-bond donors (Lipinski definition) is 2. The van der Waals surface area contributed by atoms with Crippen LogP contribution < -0.4 is 11.1 Å². The van der Waals surface area contributed by atoms with E-state index < -0.39 is 17.5 Å². The zero-order valence-corrected chi connectivity index (χ0v) is 11.1. The molecule has 104 valence electrons. The molecule has 0 aromatic heterocycles. The van der Waals surface area contributed by atoms with Crippen LogP contribution in [0.2, 0.25) is 0 Å². The van der Waals surface area contributed by atoms with E-state index in [1.807, 2.05) is 0 Å². The Kier molecular flexibility index (Phi) is 3.70. The number of carbonyl (C=O) groups is 1. The number of anilines is 2. The van der Waals surface area contributed by atoms with E-state index in [1.165, 1.54) is 13.0 Å². The fourth-order valence-corrected chi connectivity index (χ4v) is 1.80. The molecule has 0 fully saturated rings. The van der Waals surface area contributed by atoms with Crippen LogP contribution in [0.5, 0.6) is 0 Å². The fourth-order valence-electron chi connectivity index (χ4n) is 1.80. The number of halogens is 2. The number of nitrogen functional groups attached to an aromatic ring is 1. The summed E-state index contributed by atoms with van der Waals surface area (Å²) in [6.07, 6.45) is 0. The summed E-state index contributed by atoms with van der Waals surface area (Å²) < 4.78 is 26.8. The van der Waals surface area contributed by atoms with E-state index in [9.17, 15) is 13.6 Å². The van der Waals surface area contributed by atoms with Crippen molar-refractivity contribution < 1.29 is 13.6 Å². The summed E-state index contributed by atoms with van der Waals surface area (Å²) in [6, 6.07) is 6.92. The van der Waals surface area contributed by atoms with Gasteiger partial charge >= 0.3 is 0 Å². The van der Waals surface area contributed by atoms with Crippen molar-refractivity contribution in [3.63, 3.8) is 0 Å². The summed E-state index contributed by atoms with van der Waals surface area (Å²) in [7, 11) is 0. The summed E-state index contributed by atoms with van der Waals surface area (Å²) in [5, 5.41) is 2.57. The molecular formula is C15H14F2N2O. The van der Waals surface area contributed by atoms with E-state index in [1.54, 1.807) is 25.1 Å². The van der Waals surface area contributed by atoms with Gasteiger partial charge in [0.15, 0.2) is 0 Å². The molecule has 2 rings (SSSR count). The van der Waals surface area contributed by atoms with Gasteiger partial charge in [-0.1, -0.05) is 6.07 Å². The van der Waals surface area contributed by atoms with Crippen LogP contribution in [0.15, 0.2) is 30.3 Å². The molecular weight excluding hydrogens is 262 g/mol. The van der Waals surface area contributed by atoms with Crippen molar-refractivity contribution in [3.05, 3.63) is 58.7 Å². The smallest absolute Gasteiger partial charge is 0.258 e. The second-order valence-electron chi connectivity index (χ2n) is 4.61. The third-order valence-corrected chi connectivity index (χ3v) is 3.00. The lowest BCUT2D eigenvalue weighted by Crippen LogP contribution is -2.15. The number of nitrogens with two attached hydrogens (primary N) is 1. The average Bonchev–Trinajstić information content (AvgIpc) is 2.38. The highest BCUT2D eigenvalue weighted by atomic mass is 19.1. The van der Waals surface area contributed by atoms with Gasteiger partial charge in [-0.15, -0.1) is 0 Å². The molecule has 2 aromatic carbocycles. The largest absolute Gasteiger partial charge is 0.399 e. The van der Waals surface area contributed by atoms with Gasteiger partial charge in [-0.25, -0.2) is 8.78 Å². The van der Waals surface area contributed by atoms with Gasteiger partial charge in [0.05, 0.1) is 5.56 Å². The minimum atomic E-state index is -0.896. The Morgan fingerprint density at radius 1 is 1.05 bits per heavy atom. The molecule has 0 spiro atoms. The topological polar surface area (TPSA) is 55.1 Å². The number of aryl methyl sites for hydroxylation is 2. The molecule has 0 atom stereocenters. The van der Waals surface area contributed by atoms with E-state index in [4.69, 9.17) is 5.73 Å². The standard InChI is InChI=1S/C15H14F2N2O/c1-8-3-4-10(18)6-14(8)19-15(20)11-5-9(2)12(16)7-13(11)17/h3-7H,18H2,1-2H3,(H,19,20). The fraction of sp³-hybridized carbons (Fsp3) is 0.133. The number of amides is 1. The maximum atomic E-state index is 13.6. The Hall–Kier alpha value is -2.43. The quantitative estimate of drug-likeness (QED) is 0.826. The van der Waals surface area contributed by atoms with Crippen molar-refractivity contribution in [2.75, 3.05) is 11.1 Å². The predicted molar refractivity (Wildman–Crippen MR) is 74.6 cm³/mol. The molecule has 0 unspecified atom stereocenters. The first-order valence-corrected chi connectivity index (χ1v) is 6.01. The molecule has 0 aliphatic rings. The number of rotatable bonds is 2. The number of carbonyl (C=O) groups excluding carboxylic acids is 1. The second-order valence-corrected chi connectivity index (χ2v) is 4.61. The third-order valence-electron chi connectivity index (χ3n) is 3.00. The van der Waals surface area contributed by atoms with E-state index >= 15 is 0 Å². The van der Waals surface area contributed by atoms with Gasteiger partial charge in [0.25, 0.3) is 5.91 Å². The first-order valence-electron chi connectivity index (χ1n) is 6.01. The molecule has 0 bridgehead atoms. The monoisotopic (exact) mass is 276 g/mol. The summed E-state index contributed by atoms with van der Waals surface area (Å²) >= 11 is 0. The Balaban J connectivity index is 2.33. The molecule has 5 heteroatoms. The molecule has 2 aromatic rings. The molecule has 20 heavy (non-hydrogen) atoms. The lowest BCUT2D eigenvalue weighted by molar-refractivity contribution is 0.102. The van der Waals surface area contributed by atoms with Crippen molar-refractivity contribution in [1.29, 1.82) is 0 Å². The maximum absolute atomic E-state index is 13.6. The Morgan fingerprint density at radius 3 is 2.45 bits per heavy atom. The maximum Gasteiger partial charge on any atom is 0.258 e. The normalized spacial score (nSPS) is 10.4. The van der Waals surface area contributed by atoms with Gasteiger partial charge in [-0.2, -0.15) is 0 Å². The van der Waals surface area contributed by atoms with Gasteiger partial charge in [0.2, 0.25) is 0 Å².